The second-order valence-corrected chi connectivity index (χ2v) is 12.1. The molecule has 40 heavy (non-hydrogen) atoms. The minimum atomic E-state index is -0.545. The molecule has 11 heteroatoms. The summed E-state index contributed by atoms with van der Waals surface area (Å²) in [5.74, 6) is 0.913. The molecule has 2 aliphatic heterocycles. The van der Waals surface area contributed by atoms with Crippen molar-refractivity contribution in [3.05, 3.63) is 36.4 Å². The molecule has 0 aromatic carbocycles. The van der Waals surface area contributed by atoms with Gasteiger partial charge in [0.25, 0.3) is 0 Å². The highest BCUT2D eigenvalue weighted by Crippen LogP contribution is 2.32. The van der Waals surface area contributed by atoms with Crippen LogP contribution in [0.3, 0.4) is 0 Å². The first kappa shape index (κ1) is 27.5. The summed E-state index contributed by atoms with van der Waals surface area (Å²) in [5.41, 5.74) is 2.42. The third-order valence-corrected chi connectivity index (χ3v) is 7.24. The maximum absolute atomic E-state index is 13.0. The van der Waals surface area contributed by atoms with Crippen LogP contribution in [0.2, 0.25) is 0 Å². The number of amides is 2. The van der Waals surface area contributed by atoms with Gasteiger partial charge in [-0.3, -0.25) is 9.48 Å². The highest BCUT2D eigenvalue weighted by Gasteiger charge is 2.40. The van der Waals surface area contributed by atoms with E-state index in [0.29, 0.717) is 55.5 Å². The van der Waals surface area contributed by atoms with Crippen LogP contribution >= 0.6 is 0 Å². The third-order valence-electron chi connectivity index (χ3n) is 7.24. The SMILES string of the molecule is CC(C)COc1cc(-c2cnn(C3CCN(C(=O)C4CN(C(=O)OC(C)(C)C)C4)CC3)c2)cn2ncc(C#N)c12. The minimum absolute atomic E-state index is 0.109. The van der Waals surface area contributed by atoms with E-state index < -0.39 is 5.60 Å². The van der Waals surface area contributed by atoms with E-state index in [0.717, 1.165) is 24.0 Å². The molecular weight excluding hydrogens is 510 g/mol. The van der Waals surface area contributed by atoms with Gasteiger partial charge in [0.2, 0.25) is 5.91 Å². The molecule has 5 heterocycles. The molecule has 5 rings (SSSR count). The number of piperidine rings is 1. The van der Waals surface area contributed by atoms with Crippen LogP contribution in [-0.2, 0) is 9.53 Å². The van der Waals surface area contributed by atoms with Crippen molar-refractivity contribution in [2.24, 2.45) is 11.8 Å². The third kappa shape index (κ3) is 5.76. The van der Waals surface area contributed by atoms with Crippen molar-refractivity contribution < 1.29 is 19.1 Å². The maximum atomic E-state index is 13.0. The quantitative estimate of drug-likeness (QED) is 0.455. The fraction of sp³-hybridized carbons (Fsp3) is 0.552. The molecule has 11 nitrogen and oxygen atoms in total. The molecule has 0 N–H and O–H groups in total. The van der Waals surface area contributed by atoms with Gasteiger partial charge in [-0.15, -0.1) is 0 Å². The molecule has 0 radical (unpaired) electrons. The number of nitrogens with zero attached hydrogens (tertiary/aromatic N) is 7. The number of hydrogen-bond acceptors (Lipinski definition) is 7. The monoisotopic (exact) mass is 547 g/mol. The van der Waals surface area contributed by atoms with Crippen LogP contribution in [0, 0.1) is 23.2 Å². The molecule has 2 amide bonds. The number of likely N-dealkylation sites (tertiary alicyclic amines) is 2. The highest BCUT2D eigenvalue weighted by molar-refractivity contribution is 5.83. The van der Waals surface area contributed by atoms with E-state index >= 15 is 0 Å². The zero-order chi connectivity index (χ0) is 28.6. The Balaban J connectivity index is 1.21. The predicted molar refractivity (Wildman–Crippen MR) is 148 cm³/mol. The van der Waals surface area contributed by atoms with Crippen LogP contribution in [-0.4, -0.2) is 79.6 Å². The minimum Gasteiger partial charge on any atom is -0.491 e. The maximum Gasteiger partial charge on any atom is 0.410 e. The smallest absolute Gasteiger partial charge is 0.410 e. The summed E-state index contributed by atoms with van der Waals surface area (Å²) in [5, 5.41) is 18.5. The van der Waals surface area contributed by atoms with Crippen molar-refractivity contribution in [3.8, 4) is 22.9 Å². The number of nitriles is 1. The van der Waals surface area contributed by atoms with E-state index in [2.05, 4.69) is 30.1 Å². The zero-order valence-electron chi connectivity index (χ0n) is 23.8. The Morgan fingerprint density at radius 1 is 1.07 bits per heavy atom. The Kier molecular flexibility index (Phi) is 7.45. The molecule has 0 unspecified atom stereocenters. The molecule has 2 aliphatic rings. The van der Waals surface area contributed by atoms with E-state index in [1.54, 1.807) is 15.6 Å². The molecule has 0 aliphatic carbocycles. The van der Waals surface area contributed by atoms with Crippen LogP contribution in [0.1, 0.15) is 59.1 Å². The number of carbonyl (C=O) groups excluding carboxylic acids is 2. The van der Waals surface area contributed by atoms with Gasteiger partial charge >= 0.3 is 6.09 Å². The Morgan fingerprint density at radius 2 is 1.80 bits per heavy atom. The van der Waals surface area contributed by atoms with Crippen molar-refractivity contribution in [2.75, 3.05) is 32.8 Å². The van der Waals surface area contributed by atoms with Gasteiger partial charge in [0.15, 0.2) is 0 Å². The van der Waals surface area contributed by atoms with Gasteiger partial charge in [-0.2, -0.15) is 15.5 Å². The van der Waals surface area contributed by atoms with Crippen molar-refractivity contribution in [2.45, 2.75) is 59.1 Å². The average molecular weight is 548 g/mol. The van der Waals surface area contributed by atoms with Gasteiger partial charge in [-0.25, -0.2) is 9.31 Å². The molecule has 2 saturated heterocycles. The second-order valence-electron chi connectivity index (χ2n) is 12.1. The normalized spacial score (nSPS) is 16.7. The summed E-state index contributed by atoms with van der Waals surface area (Å²) >= 11 is 0. The van der Waals surface area contributed by atoms with Gasteiger partial charge < -0.3 is 19.3 Å². The summed E-state index contributed by atoms with van der Waals surface area (Å²) in [4.78, 5) is 28.7. The first-order chi connectivity index (χ1) is 19.0. The first-order valence-corrected chi connectivity index (χ1v) is 13.9. The van der Waals surface area contributed by atoms with Crippen LogP contribution in [0.15, 0.2) is 30.9 Å². The summed E-state index contributed by atoms with van der Waals surface area (Å²) in [6.45, 7) is 12.3. The van der Waals surface area contributed by atoms with Crippen molar-refractivity contribution in [3.63, 3.8) is 0 Å². The van der Waals surface area contributed by atoms with Gasteiger partial charge in [-0.05, 0) is 45.6 Å². The topological polar surface area (TPSA) is 118 Å². The summed E-state index contributed by atoms with van der Waals surface area (Å²) in [6.07, 6.45) is 8.55. The van der Waals surface area contributed by atoms with Crippen LogP contribution in [0.5, 0.6) is 5.75 Å². The summed E-state index contributed by atoms with van der Waals surface area (Å²) in [6, 6.07) is 4.33. The number of fused-ring (bicyclic) bond motifs is 1. The molecule has 0 atom stereocenters. The Morgan fingerprint density at radius 3 is 2.45 bits per heavy atom. The fourth-order valence-corrected chi connectivity index (χ4v) is 5.10. The molecule has 0 saturated carbocycles. The number of carbonyl (C=O) groups is 2. The zero-order valence-corrected chi connectivity index (χ0v) is 23.8. The molecule has 0 bridgehead atoms. The van der Waals surface area contributed by atoms with Crippen LogP contribution < -0.4 is 4.74 Å². The van der Waals surface area contributed by atoms with Crippen molar-refractivity contribution in [1.82, 2.24) is 29.2 Å². The number of rotatable bonds is 6. The van der Waals surface area contributed by atoms with E-state index in [4.69, 9.17) is 9.47 Å². The average Bonchev–Trinajstić information content (AvgIpc) is 3.53. The Labute approximate surface area is 234 Å². The fourth-order valence-electron chi connectivity index (χ4n) is 5.10. The largest absolute Gasteiger partial charge is 0.491 e. The summed E-state index contributed by atoms with van der Waals surface area (Å²) in [7, 11) is 0. The van der Waals surface area contributed by atoms with Gasteiger partial charge in [0.1, 0.15) is 28.5 Å². The molecular formula is C29H37N7O4. The molecule has 2 fully saturated rings. The van der Waals surface area contributed by atoms with Crippen molar-refractivity contribution >= 4 is 17.5 Å². The molecule has 212 valence electrons. The van der Waals surface area contributed by atoms with Crippen molar-refractivity contribution in [1.29, 1.82) is 5.26 Å². The Hall–Kier alpha value is -4.07. The standard InChI is InChI=1S/C29H37N7O4/c1-19(2)18-39-25-10-20(16-36-26(25)21(11-30)12-32-36)22-13-31-35(17-22)24-6-8-33(9-7-24)27(37)23-14-34(15-23)28(38)40-29(3,4)5/h10,12-13,16-17,19,23-24H,6-9,14-15,18H2,1-5H3. The van der Waals surface area contributed by atoms with E-state index in [1.165, 1.54) is 0 Å². The molecule has 0 spiro atoms. The first-order valence-electron chi connectivity index (χ1n) is 13.9. The van der Waals surface area contributed by atoms with E-state index in [1.807, 2.05) is 55.0 Å². The van der Waals surface area contributed by atoms with Crippen LogP contribution in [0.25, 0.3) is 16.6 Å². The number of hydrogen-bond donors (Lipinski definition) is 0. The van der Waals surface area contributed by atoms with Gasteiger partial charge in [0.05, 0.1) is 31.0 Å². The summed E-state index contributed by atoms with van der Waals surface area (Å²) < 4.78 is 15.1. The predicted octanol–water partition coefficient (Wildman–Crippen LogP) is 4.13. The highest BCUT2D eigenvalue weighted by atomic mass is 16.6. The van der Waals surface area contributed by atoms with Gasteiger partial charge in [-0.1, -0.05) is 13.8 Å². The lowest BCUT2D eigenvalue weighted by atomic mass is 9.96. The lowest BCUT2D eigenvalue weighted by Crippen LogP contribution is -2.58. The number of pyridine rings is 1. The number of ether oxygens (including phenoxy) is 2. The second kappa shape index (κ2) is 10.8. The lowest BCUT2D eigenvalue weighted by molar-refractivity contribution is -0.141. The Bertz CT molecular complexity index is 1430. The van der Waals surface area contributed by atoms with E-state index in [-0.39, 0.29) is 24.0 Å². The van der Waals surface area contributed by atoms with Crippen LogP contribution in [0.4, 0.5) is 4.79 Å². The van der Waals surface area contributed by atoms with E-state index in [9.17, 15) is 14.9 Å². The van der Waals surface area contributed by atoms with Gasteiger partial charge in [0, 0.05) is 49.7 Å². The number of aromatic nitrogens is 4. The molecule has 3 aromatic heterocycles. The lowest BCUT2D eigenvalue weighted by Gasteiger charge is -2.42. The molecule has 3 aromatic rings.